The van der Waals surface area contributed by atoms with Gasteiger partial charge >= 0.3 is 6.03 Å². The molecule has 35 heavy (non-hydrogen) atoms. The Hall–Kier alpha value is -3.51. The number of fused-ring (bicyclic) bond motifs is 2. The van der Waals surface area contributed by atoms with Gasteiger partial charge in [-0.15, -0.1) is 0 Å². The first-order chi connectivity index (χ1) is 17.0. The number of urea groups is 1. The SMILES string of the molecule is COc1ccc(NC(=O)N2CC3(CCN(Cc4cccc(OC)c4)CC3)c3cc(C)ccc32)cc1. The summed E-state index contributed by atoms with van der Waals surface area (Å²) in [5.74, 6) is 1.67. The zero-order chi connectivity index (χ0) is 24.4. The van der Waals surface area contributed by atoms with Crippen LogP contribution in [0.2, 0.25) is 0 Å². The lowest BCUT2D eigenvalue weighted by molar-refractivity contribution is 0.160. The lowest BCUT2D eigenvalue weighted by Crippen LogP contribution is -2.46. The second-order valence-corrected chi connectivity index (χ2v) is 9.67. The van der Waals surface area contributed by atoms with E-state index in [0.717, 1.165) is 55.3 Å². The second-order valence-electron chi connectivity index (χ2n) is 9.67. The minimum Gasteiger partial charge on any atom is -0.497 e. The largest absolute Gasteiger partial charge is 0.497 e. The Labute approximate surface area is 207 Å². The van der Waals surface area contributed by atoms with E-state index < -0.39 is 0 Å². The number of carbonyl (C=O) groups is 1. The molecule has 0 bridgehead atoms. The molecule has 2 amide bonds. The van der Waals surface area contributed by atoms with E-state index in [1.54, 1.807) is 14.2 Å². The normalized spacial score (nSPS) is 16.7. The molecule has 1 fully saturated rings. The van der Waals surface area contributed by atoms with Crippen LogP contribution < -0.4 is 19.7 Å². The van der Waals surface area contributed by atoms with Gasteiger partial charge in [-0.2, -0.15) is 0 Å². The van der Waals surface area contributed by atoms with Crippen LogP contribution in [0.3, 0.4) is 0 Å². The van der Waals surface area contributed by atoms with E-state index in [1.807, 2.05) is 35.2 Å². The van der Waals surface area contributed by atoms with E-state index >= 15 is 0 Å². The molecular weight excluding hydrogens is 438 g/mol. The molecule has 1 saturated heterocycles. The summed E-state index contributed by atoms with van der Waals surface area (Å²) in [6.07, 6.45) is 2.06. The molecule has 0 aliphatic carbocycles. The number of aryl methyl sites for hydroxylation is 1. The van der Waals surface area contributed by atoms with Gasteiger partial charge in [-0.05, 0) is 86.4 Å². The van der Waals surface area contributed by atoms with Crippen molar-refractivity contribution in [2.75, 3.05) is 44.1 Å². The zero-order valence-electron chi connectivity index (χ0n) is 20.7. The van der Waals surface area contributed by atoms with Crippen molar-refractivity contribution in [1.82, 2.24) is 4.90 Å². The summed E-state index contributed by atoms with van der Waals surface area (Å²) < 4.78 is 10.6. The summed E-state index contributed by atoms with van der Waals surface area (Å²) in [4.78, 5) is 17.8. The average Bonchev–Trinajstić information content (AvgIpc) is 3.19. The lowest BCUT2D eigenvalue weighted by atomic mass is 9.74. The highest BCUT2D eigenvalue weighted by atomic mass is 16.5. The number of hydrogen-bond donors (Lipinski definition) is 1. The second kappa shape index (κ2) is 9.62. The fourth-order valence-electron chi connectivity index (χ4n) is 5.43. The van der Waals surface area contributed by atoms with Gasteiger partial charge < -0.3 is 14.8 Å². The lowest BCUT2D eigenvalue weighted by Gasteiger charge is -2.40. The number of likely N-dealkylation sites (tertiary alicyclic amines) is 1. The Morgan fingerprint density at radius 3 is 2.40 bits per heavy atom. The molecule has 5 rings (SSSR count). The van der Waals surface area contributed by atoms with Gasteiger partial charge in [-0.25, -0.2) is 4.79 Å². The summed E-state index contributed by atoms with van der Waals surface area (Å²) in [6.45, 7) is 5.75. The summed E-state index contributed by atoms with van der Waals surface area (Å²) in [6, 6.07) is 22.2. The van der Waals surface area contributed by atoms with E-state index in [1.165, 1.54) is 16.7 Å². The first-order valence-electron chi connectivity index (χ1n) is 12.2. The van der Waals surface area contributed by atoms with Crippen molar-refractivity contribution in [3.8, 4) is 11.5 Å². The molecule has 3 aromatic carbocycles. The molecular formula is C29H33N3O3. The van der Waals surface area contributed by atoms with Gasteiger partial charge in [-0.3, -0.25) is 9.80 Å². The monoisotopic (exact) mass is 471 g/mol. The van der Waals surface area contributed by atoms with E-state index in [0.29, 0.717) is 6.54 Å². The third-order valence-corrected chi connectivity index (χ3v) is 7.41. The number of ether oxygens (including phenoxy) is 2. The number of hydrogen-bond acceptors (Lipinski definition) is 4. The molecule has 2 aliphatic rings. The Bertz CT molecular complexity index is 1200. The highest BCUT2D eigenvalue weighted by Gasteiger charge is 2.46. The molecule has 1 spiro atoms. The molecule has 0 unspecified atom stereocenters. The van der Waals surface area contributed by atoms with E-state index in [9.17, 15) is 4.79 Å². The first kappa shape index (κ1) is 23.2. The standard InChI is InChI=1S/C29H33N3O3/c1-21-7-12-27-26(17-21)29(20-32(27)28(33)30-23-8-10-24(34-2)11-9-23)13-15-31(16-14-29)19-22-5-4-6-25(18-22)35-3/h4-12,17-18H,13-16,19-20H2,1-3H3,(H,30,33). The topological polar surface area (TPSA) is 54.0 Å². The highest BCUT2D eigenvalue weighted by molar-refractivity contribution is 6.03. The van der Waals surface area contributed by atoms with Crippen LogP contribution >= 0.6 is 0 Å². The number of carbonyl (C=O) groups excluding carboxylic acids is 1. The maximum atomic E-state index is 13.4. The fraction of sp³-hybridized carbons (Fsp3) is 0.345. The number of anilines is 2. The summed E-state index contributed by atoms with van der Waals surface area (Å²) >= 11 is 0. The third-order valence-electron chi connectivity index (χ3n) is 7.41. The molecule has 6 nitrogen and oxygen atoms in total. The van der Waals surface area contributed by atoms with Crippen molar-refractivity contribution in [3.05, 3.63) is 83.4 Å². The molecule has 1 N–H and O–H groups in total. The molecule has 6 heteroatoms. The fourth-order valence-corrected chi connectivity index (χ4v) is 5.43. The Morgan fingerprint density at radius 2 is 1.69 bits per heavy atom. The van der Waals surface area contributed by atoms with Crippen molar-refractivity contribution in [2.45, 2.75) is 31.7 Å². The number of piperidine rings is 1. The number of amides is 2. The Balaban J connectivity index is 1.32. The van der Waals surface area contributed by atoms with E-state index in [-0.39, 0.29) is 11.4 Å². The maximum absolute atomic E-state index is 13.4. The molecule has 0 aromatic heterocycles. The summed E-state index contributed by atoms with van der Waals surface area (Å²) in [7, 11) is 3.35. The number of benzene rings is 3. The number of rotatable bonds is 5. The average molecular weight is 472 g/mol. The minimum absolute atomic E-state index is 0.0104. The maximum Gasteiger partial charge on any atom is 0.326 e. The van der Waals surface area contributed by atoms with Crippen LogP contribution in [0.15, 0.2) is 66.7 Å². The zero-order valence-corrected chi connectivity index (χ0v) is 20.7. The van der Waals surface area contributed by atoms with Crippen molar-refractivity contribution in [3.63, 3.8) is 0 Å². The van der Waals surface area contributed by atoms with Crippen LogP contribution in [-0.2, 0) is 12.0 Å². The quantitative estimate of drug-likeness (QED) is 0.526. The predicted octanol–water partition coefficient (Wildman–Crippen LogP) is 5.60. The van der Waals surface area contributed by atoms with Gasteiger partial charge in [0, 0.05) is 29.9 Å². The summed E-state index contributed by atoms with van der Waals surface area (Å²) in [5.41, 5.74) is 5.59. The van der Waals surface area contributed by atoms with Crippen molar-refractivity contribution in [1.29, 1.82) is 0 Å². The smallest absolute Gasteiger partial charge is 0.326 e. The molecule has 0 atom stereocenters. The molecule has 2 aliphatic heterocycles. The van der Waals surface area contributed by atoms with Crippen LogP contribution in [0, 0.1) is 6.92 Å². The molecule has 0 radical (unpaired) electrons. The van der Waals surface area contributed by atoms with Crippen LogP contribution in [-0.4, -0.2) is 44.8 Å². The Morgan fingerprint density at radius 1 is 0.943 bits per heavy atom. The first-order valence-corrected chi connectivity index (χ1v) is 12.2. The van der Waals surface area contributed by atoms with Crippen molar-refractivity contribution in [2.24, 2.45) is 0 Å². The van der Waals surface area contributed by atoms with Gasteiger partial charge in [0.2, 0.25) is 0 Å². The number of nitrogens with zero attached hydrogens (tertiary/aromatic N) is 2. The van der Waals surface area contributed by atoms with E-state index in [2.05, 4.69) is 53.5 Å². The van der Waals surface area contributed by atoms with Gasteiger partial charge in [0.05, 0.1) is 14.2 Å². The highest BCUT2D eigenvalue weighted by Crippen LogP contribution is 2.47. The molecule has 3 aromatic rings. The number of methoxy groups -OCH3 is 2. The number of nitrogens with one attached hydrogen (secondary N) is 1. The van der Waals surface area contributed by atoms with Crippen LogP contribution in [0.25, 0.3) is 0 Å². The molecule has 182 valence electrons. The van der Waals surface area contributed by atoms with Crippen LogP contribution in [0.5, 0.6) is 11.5 Å². The Kier molecular flexibility index (Phi) is 6.39. The molecule has 2 heterocycles. The van der Waals surface area contributed by atoms with Gasteiger partial charge in [0.25, 0.3) is 0 Å². The van der Waals surface area contributed by atoms with Gasteiger partial charge in [0.1, 0.15) is 11.5 Å². The third kappa shape index (κ3) is 4.71. The van der Waals surface area contributed by atoms with Gasteiger partial charge in [0.15, 0.2) is 0 Å². The molecule has 0 saturated carbocycles. The van der Waals surface area contributed by atoms with Crippen LogP contribution in [0.1, 0.15) is 29.5 Å². The van der Waals surface area contributed by atoms with Crippen LogP contribution in [0.4, 0.5) is 16.2 Å². The summed E-state index contributed by atoms with van der Waals surface area (Å²) in [5, 5.41) is 3.07. The van der Waals surface area contributed by atoms with Gasteiger partial charge in [-0.1, -0.05) is 29.8 Å². The van der Waals surface area contributed by atoms with E-state index in [4.69, 9.17) is 9.47 Å². The van der Waals surface area contributed by atoms with Crippen molar-refractivity contribution < 1.29 is 14.3 Å². The minimum atomic E-state index is -0.0871. The predicted molar refractivity (Wildman–Crippen MR) is 140 cm³/mol. The van der Waals surface area contributed by atoms with Crippen molar-refractivity contribution >= 4 is 17.4 Å².